The molecular formula is C25H32N2O. The third-order valence-electron chi connectivity index (χ3n) is 6.99. The topological polar surface area (TPSA) is 42.9 Å². The molecule has 0 bridgehead atoms. The lowest BCUT2D eigenvalue weighted by Gasteiger charge is -2.36. The molecule has 2 fully saturated rings. The molecule has 4 rings (SSSR count). The van der Waals surface area contributed by atoms with E-state index >= 15 is 0 Å². The predicted octanol–water partition coefficient (Wildman–Crippen LogP) is 6.07. The highest BCUT2D eigenvalue weighted by molar-refractivity contribution is 5.92. The molecule has 148 valence electrons. The minimum absolute atomic E-state index is 0.00314. The third kappa shape index (κ3) is 4.34. The average Bonchev–Trinajstić information content (AvgIpc) is 2.77. The molecule has 0 aliphatic heterocycles. The molecule has 2 aliphatic carbocycles. The summed E-state index contributed by atoms with van der Waals surface area (Å²) >= 11 is 0. The smallest absolute Gasteiger partial charge is 0.148 e. The van der Waals surface area contributed by atoms with Gasteiger partial charge in [-0.05, 0) is 72.9 Å². The summed E-state index contributed by atoms with van der Waals surface area (Å²) < 4.78 is 0. The summed E-state index contributed by atoms with van der Waals surface area (Å²) in [5.74, 6) is 1.39. The Bertz CT molecular complexity index is 670. The molecule has 2 unspecified atom stereocenters. The Morgan fingerprint density at radius 3 is 1.36 bits per heavy atom. The van der Waals surface area contributed by atoms with E-state index in [4.69, 9.17) is 0 Å². The normalized spacial score (nSPS) is 21.1. The summed E-state index contributed by atoms with van der Waals surface area (Å²) in [6.45, 7) is 0. The van der Waals surface area contributed by atoms with E-state index in [0.717, 1.165) is 0 Å². The van der Waals surface area contributed by atoms with Crippen LogP contribution in [0.2, 0.25) is 0 Å². The Hall–Kier alpha value is -2.03. The first-order valence-corrected chi connectivity index (χ1v) is 11.2. The summed E-state index contributed by atoms with van der Waals surface area (Å²) in [6, 6.07) is 8.28. The lowest BCUT2D eigenvalue weighted by Crippen LogP contribution is -2.32. The Balaban J connectivity index is 1.70. The number of pyridine rings is 2. The third-order valence-corrected chi connectivity index (χ3v) is 6.99. The molecule has 2 aromatic rings. The van der Waals surface area contributed by atoms with Gasteiger partial charge in [0.25, 0.3) is 0 Å². The van der Waals surface area contributed by atoms with Crippen molar-refractivity contribution in [3.63, 3.8) is 0 Å². The number of aromatic nitrogens is 2. The molecular weight excluding hydrogens is 344 g/mol. The Morgan fingerprint density at radius 1 is 0.643 bits per heavy atom. The lowest BCUT2D eigenvalue weighted by molar-refractivity contribution is -0.125. The minimum atomic E-state index is 0.00314. The van der Waals surface area contributed by atoms with Gasteiger partial charge in [0.2, 0.25) is 0 Å². The summed E-state index contributed by atoms with van der Waals surface area (Å²) in [4.78, 5) is 22.6. The molecule has 0 amide bonds. The molecule has 3 nitrogen and oxygen atoms in total. The van der Waals surface area contributed by atoms with E-state index in [2.05, 4.69) is 34.2 Å². The van der Waals surface area contributed by atoms with Crippen molar-refractivity contribution < 1.29 is 4.79 Å². The van der Waals surface area contributed by atoms with Crippen LogP contribution in [0.1, 0.15) is 87.2 Å². The zero-order chi connectivity index (χ0) is 19.2. The van der Waals surface area contributed by atoms with Gasteiger partial charge >= 0.3 is 0 Å². The maximum absolute atomic E-state index is 14.2. The van der Waals surface area contributed by atoms with Crippen molar-refractivity contribution in [3.8, 4) is 0 Å². The van der Waals surface area contributed by atoms with Gasteiger partial charge in [-0.15, -0.1) is 0 Å². The van der Waals surface area contributed by atoms with E-state index < -0.39 is 0 Å². The predicted molar refractivity (Wildman–Crippen MR) is 112 cm³/mol. The van der Waals surface area contributed by atoms with E-state index in [0.29, 0.717) is 17.6 Å². The zero-order valence-corrected chi connectivity index (χ0v) is 16.8. The Kier molecular flexibility index (Phi) is 6.51. The molecule has 2 aromatic heterocycles. The van der Waals surface area contributed by atoms with E-state index in [-0.39, 0.29) is 11.8 Å². The molecule has 0 N–H and O–H groups in total. The standard InChI is InChI=1S/C25H32N2O/c28-25(23(19-7-3-1-4-8-19)21-11-15-26-16-12-21)24(20-9-5-2-6-10-20)22-13-17-27-18-14-22/h11-20,23-24H,1-10H2. The average molecular weight is 377 g/mol. The molecule has 2 heterocycles. The summed E-state index contributed by atoms with van der Waals surface area (Å²) in [6.07, 6.45) is 19.7. The van der Waals surface area contributed by atoms with Gasteiger partial charge in [0, 0.05) is 36.6 Å². The Labute approximate surface area is 169 Å². The van der Waals surface area contributed by atoms with Gasteiger partial charge in [0.05, 0.1) is 0 Å². The van der Waals surface area contributed by atoms with Crippen molar-refractivity contribution in [1.82, 2.24) is 9.97 Å². The van der Waals surface area contributed by atoms with E-state index in [1.165, 1.54) is 75.3 Å². The number of carbonyl (C=O) groups excluding carboxylic acids is 1. The summed E-state index contributed by atoms with van der Waals surface area (Å²) in [5.41, 5.74) is 2.34. The fourth-order valence-corrected chi connectivity index (χ4v) is 5.61. The second kappa shape index (κ2) is 9.45. The van der Waals surface area contributed by atoms with Crippen LogP contribution in [0.15, 0.2) is 49.1 Å². The van der Waals surface area contributed by atoms with Crippen LogP contribution in [0, 0.1) is 11.8 Å². The summed E-state index contributed by atoms with van der Waals surface area (Å²) in [7, 11) is 0. The van der Waals surface area contributed by atoms with Gasteiger partial charge in [-0.3, -0.25) is 14.8 Å². The Morgan fingerprint density at radius 2 is 1.00 bits per heavy atom. The monoisotopic (exact) mass is 376 g/mol. The van der Waals surface area contributed by atoms with Crippen LogP contribution in [-0.4, -0.2) is 15.8 Å². The molecule has 2 atom stereocenters. The van der Waals surface area contributed by atoms with Crippen LogP contribution >= 0.6 is 0 Å². The van der Waals surface area contributed by atoms with Gasteiger partial charge in [-0.1, -0.05) is 38.5 Å². The van der Waals surface area contributed by atoms with Crippen molar-refractivity contribution in [1.29, 1.82) is 0 Å². The minimum Gasteiger partial charge on any atom is -0.298 e. The SMILES string of the molecule is O=C(C(c1ccncc1)C1CCCCC1)C(c1ccncc1)C1CCCCC1. The molecule has 2 aliphatic rings. The highest BCUT2D eigenvalue weighted by atomic mass is 16.1. The zero-order valence-electron chi connectivity index (χ0n) is 16.8. The van der Waals surface area contributed by atoms with E-state index in [9.17, 15) is 4.79 Å². The first kappa shape index (κ1) is 19.3. The lowest BCUT2D eigenvalue weighted by atomic mass is 9.67. The highest BCUT2D eigenvalue weighted by Crippen LogP contribution is 2.44. The molecule has 2 saturated carbocycles. The van der Waals surface area contributed by atoms with E-state index in [1.807, 2.05) is 24.8 Å². The van der Waals surface area contributed by atoms with Crippen LogP contribution < -0.4 is 0 Å². The van der Waals surface area contributed by atoms with Crippen LogP contribution in [-0.2, 0) is 4.79 Å². The van der Waals surface area contributed by atoms with Gasteiger partial charge in [0.1, 0.15) is 5.78 Å². The second-order valence-electron chi connectivity index (χ2n) is 8.71. The number of ketones is 1. The maximum Gasteiger partial charge on any atom is 0.148 e. The first-order chi connectivity index (χ1) is 13.8. The fraction of sp³-hybridized carbons (Fsp3) is 0.560. The van der Waals surface area contributed by atoms with Crippen molar-refractivity contribution in [2.75, 3.05) is 0 Å². The van der Waals surface area contributed by atoms with Crippen LogP contribution in [0.5, 0.6) is 0 Å². The van der Waals surface area contributed by atoms with Gasteiger partial charge in [0.15, 0.2) is 0 Å². The molecule has 0 aromatic carbocycles. The highest BCUT2D eigenvalue weighted by Gasteiger charge is 2.39. The number of hydrogen-bond acceptors (Lipinski definition) is 3. The van der Waals surface area contributed by atoms with Crippen molar-refractivity contribution in [2.24, 2.45) is 11.8 Å². The van der Waals surface area contributed by atoms with E-state index in [1.54, 1.807) is 0 Å². The van der Waals surface area contributed by atoms with Crippen LogP contribution in [0.3, 0.4) is 0 Å². The van der Waals surface area contributed by atoms with Crippen molar-refractivity contribution >= 4 is 5.78 Å². The van der Waals surface area contributed by atoms with Crippen LogP contribution in [0.25, 0.3) is 0 Å². The quantitative estimate of drug-likeness (QED) is 0.614. The molecule has 28 heavy (non-hydrogen) atoms. The molecule has 3 heteroatoms. The maximum atomic E-state index is 14.2. The fourth-order valence-electron chi connectivity index (χ4n) is 5.61. The van der Waals surface area contributed by atoms with Crippen molar-refractivity contribution in [2.45, 2.75) is 76.0 Å². The van der Waals surface area contributed by atoms with Gasteiger partial charge < -0.3 is 0 Å². The number of Topliss-reactive ketones (excluding diaryl/α,β-unsaturated/α-hetero) is 1. The van der Waals surface area contributed by atoms with Gasteiger partial charge in [-0.2, -0.15) is 0 Å². The first-order valence-electron chi connectivity index (χ1n) is 11.2. The summed E-state index contributed by atoms with van der Waals surface area (Å²) in [5, 5.41) is 0. The van der Waals surface area contributed by atoms with Crippen LogP contribution in [0.4, 0.5) is 0 Å². The molecule has 0 spiro atoms. The van der Waals surface area contributed by atoms with Gasteiger partial charge in [-0.25, -0.2) is 0 Å². The number of carbonyl (C=O) groups is 1. The molecule has 0 radical (unpaired) electrons. The molecule has 0 saturated heterocycles. The number of hydrogen-bond donors (Lipinski definition) is 0. The largest absolute Gasteiger partial charge is 0.298 e. The van der Waals surface area contributed by atoms with Crippen molar-refractivity contribution in [3.05, 3.63) is 60.2 Å². The number of rotatable bonds is 6. The second-order valence-corrected chi connectivity index (χ2v) is 8.71. The number of nitrogens with zero attached hydrogens (tertiary/aromatic N) is 2.